The highest BCUT2D eigenvalue weighted by molar-refractivity contribution is 5.42. The third kappa shape index (κ3) is 6.86. The summed E-state index contributed by atoms with van der Waals surface area (Å²) in [5, 5.41) is 19.5. The van der Waals surface area contributed by atoms with Crippen LogP contribution in [-0.2, 0) is 17.6 Å². The van der Waals surface area contributed by atoms with Crippen molar-refractivity contribution >= 4 is 0 Å². The second kappa shape index (κ2) is 11.6. The lowest BCUT2D eigenvalue weighted by Gasteiger charge is -2.20. The first-order valence-electron chi connectivity index (χ1n) is 10.3. The van der Waals surface area contributed by atoms with Gasteiger partial charge in [0.25, 0.3) is 0 Å². The lowest BCUT2D eigenvalue weighted by atomic mass is 9.96. The minimum absolute atomic E-state index is 0.164. The highest BCUT2D eigenvalue weighted by atomic mass is 16.5. The Labute approximate surface area is 174 Å². The lowest BCUT2D eigenvalue weighted by molar-refractivity contribution is 0.0687. The summed E-state index contributed by atoms with van der Waals surface area (Å²) in [6.07, 6.45) is 3.82. The van der Waals surface area contributed by atoms with E-state index in [2.05, 4.69) is 13.8 Å². The zero-order valence-electron chi connectivity index (χ0n) is 18.0. The first-order valence-corrected chi connectivity index (χ1v) is 10.3. The number of methoxy groups -OCH3 is 2. The van der Waals surface area contributed by atoms with Gasteiger partial charge in [-0.05, 0) is 60.1 Å². The minimum atomic E-state index is 0.164. The maximum Gasteiger partial charge on any atom is 0.160 e. The van der Waals surface area contributed by atoms with E-state index < -0.39 is 0 Å². The normalized spacial score (nSPS) is 13.1. The number of phenols is 2. The van der Waals surface area contributed by atoms with Crippen molar-refractivity contribution in [3.63, 3.8) is 0 Å². The standard InChI is InChI=1S/C24H34O5/c1-5-17(11-19-7-9-21(25)23(13-19)27-3)15-29-16-18(6-2)12-20-8-10-22(26)24(14-20)28-4/h7-10,13-14,17-18,25-26H,5-6,11-12,15-16H2,1-4H3. The Bertz CT molecular complexity index is 695. The van der Waals surface area contributed by atoms with Gasteiger partial charge in [0.2, 0.25) is 0 Å². The number of rotatable bonds is 12. The third-order valence-corrected chi connectivity index (χ3v) is 5.40. The van der Waals surface area contributed by atoms with Crippen LogP contribution in [0, 0.1) is 11.8 Å². The molecule has 0 heterocycles. The first kappa shape index (κ1) is 22.9. The summed E-state index contributed by atoms with van der Waals surface area (Å²) >= 11 is 0. The molecule has 2 aromatic rings. The Morgan fingerprint density at radius 1 is 0.724 bits per heavy atom. The Hall–Kier alpha value is -2.40. The number of hydrogen-bond acceptors (Lipinski definition) is 5. The van der Waals surface area contributed by atoms with Crippen LogP contribution < -0.4 is 9.47 Å². The number of aromatic hydroxyl groups is 2. The van der Waals surface area contributed by atoms with E-state index in [1.54, 1.807) is 26.4 Å². The van der Waals surface area contributed by atoms with Crippen molar-refractivity contribution < 1.29 is 24.4 Å². The van der Waals surface area contributed by atoms with Gasteiger partial charge in [0.1, 0.15) is 0 Å². The topological polar surface area (TPSA) is 68.2 Å². The molecule has 2 aromatic carbocycles. The Morgan fingerprint density at radius 3 is 1.48 bits per heavy atom. The summed E-state index contributed by atoms with van der Waals surface area (Å²) in [4.78, 5) is 0. The smallest absolute Gasteiger partial charge is 0.160 e. The predicted molar refractivity (Wildman–Crippen MR) is 115 cm³/mol. The third-order valence-electron chi connectivity index (χ3n) is 5.40. The monoisotopic (exact) mass is 402 g/mol. The minimum Gasteiger partial charge on any atom is -0.504 e. The van der Waals surface area contributed by atoms with Crippen molar-refractivity contribution in [1.82, 2.24) is 0 Å². The van der Waals surface area contributed by atoms with Gasteiger partial charge in [-0.15, -0.1) is 0 Å². The molecule has 0 amide bonds. The first-order chi connectivity index (χ1) is 14.0. The highest BCUT2D eigenvalue weighted by Gasteiger charge is 2.14. The van der Waals surface area contributed by atoms with E-state index in [9.17, 15) is 10.2 Å². The molecule has 29 heavy (non-hydrogen) atoms. The van der Waals surface area contributed by atoms with Gasteiger partial charge < -0.3 is 24.4 Å². The highest BCUT2D eigenvalue weighted by Crippen LogP contribution is 2.29. The van der Waals surface area contributed by atoms with Gasteiger partial charge in [0, 0.05) is 13.2 Å². The molecule has 0 aliphatic carbocycles. The second-order valence-electron chi connectivity index (χ2n) is 7.51. The number of phenolic OH excluding ortho intramolecular Hbond substituents is 2. The molecule has 0 fully saturated rings. The van der Waals surface area contributed by atoms with Crippen LogP contribution in [0.15, 0.2) is 36.4 Å². The summed E-state index contributed by atoms with van der Waals surface area (Å²) < 4.78 is 16.5. The van der Waals surface area contributed by atoms with E-state index in [1.807, 2.05) is 24.3 Å². The molecule has 160 valence electrons. The molecule has 0 saturated carbocycles. The van der Waals surface area contributed by atoms with Crippen molar-refractivity contribution in [3.8, 4) is 23.0 Å². The van der Waals surface area contributed by atoms with Crippen LogP contribution in [0.3, 0.4) is 0 Å². The van der Waals surface area contributed by atoms with Gasteiger partial charge in [-0.25, -0.2) is 0 Å². The van der Waals surface area contributed by atoms with Crippen LogP contribution in [0.2, 0.25) is 0 Å². The molecule has 2 rings (SSSR count). The molecule has 0 aliphatic heterocycles. The lowest BCUT2D eigenvalue weighted by Crippen LogP contribution is -2.17. The van der Waals surface area contributed by atoms with E-state index in [0.29, 0.717) is 36.5 Å². The van der Waals surface area contributed by atoms with Gasteiger partial charge >= 0.3 is 0 Å². The zero-order valence-corrected chi connectivity index (χ0v) is 18.0. The fourth-order valence-corrected chi connectivity index (χ4v) is 3.41. The SMILES string of the molecule is CCC(COCC(CC)Cc1ccc(O)c(OC)c1)Cc1ccc(O)c(OC)c1. The quantitative estimate of drug-likeness (QED) is 0.525. The Balaban J connectivity index is 1.86. The number of ether oxygens (including phenoxy) is 3. The van der Waals surface area contributed by atoms with E-state index >= 15 is 0 Å². The summed E-state index contributed by atoms with van der Waals surface area (Å²) in [5.74, 6) is 2.17. The van der Waals surface area contributed by atoms with Crippen molar-refractivity contribution in [3.05, 3.63) is 47.5 Å². The van der Waals surface area contributed by atoms with Crippen molar-refractivity contribution in [2.45, 2.75) is 39.5 Å². The van der Waals surface area contributed by atoms with Crippen LogP contribution in [0.4, 0.5) is 0 Å². The zero-order chi connectivity index (χ0) is 21.2. The summed E-state index contributed by atoms with van der Waals surface area (Å²) in [6, 6.07) is 11.0. The number of hydrogen-bond donors (Lipinski definition) is 2. The summed E-state index contributed by atoms with van der Waals surface area (Å²) in [5.41, 5.74) is 2.27. The predicted octanol–water partition coefficient (Wildman–Crippen LogP) is 4.97. The van der Waals surface area contributed by atoms with Gasteiger partial charge in [0.15, 0.2) is 23.0 Å². The van der Waals surface area contributed by atoms with Crippen LogP contribution >= 0.6 is 0 Å². The average molecular weight is 403 g/mol. The molecule has 0 spiro atoms. The Morgan fingerprint density at radius 2 is 1.14 bits per heavy atom. The molecular formula is C24H34O5. The fourth-order valence-electron chi connectivity index (χ4n) is 3.41. The molecule has 5 nitrogen and oxygen atoms in total. The van der Waals surface area contributed by atoms with E-state index in [4.69, 9.17) is 14.2 Å². The largest absolute Gasteiger partial charge is 0.504 e. The van der Waals surface area contributed by atoms with Gasteiger partial charge in [0.05, 0.1) is 14.2 Å². The Kier molecular flexibility index (Phi) is 9.13. The van der Waals surface area contributed by atoms with Crippen LogP contribution in [-0.4, -0.2) is 37.6 Å². The molecule has 0 radical (unpaired) electrons. The van der Waals surface area contributed by atoms with Gasteiger partial charge in [-0.1, -0.05) is 38.8 Å². The van der Waals surface area contributed by atoms with Gasteiger partial charge in [-0.2, -0.15) is 0 Å². The fraction of sp³-hybridized carbons (Fsp3) is 0.500. The van der Waals surface area contributed by atoms with Crippen molar-refractivity contribution in [1.29, 1.82) is 0 Å². The molecule has 2 atom stereocenters. The maximum atomic E-state index is 9.75. The van der Waals surface area contributed by atoms with Crippen molar-refractivity contribution in [2.24, 2.45) is 11.8 Å². The molecule has 0 aromatic heterocycles. The van der Waals surface area contributed by atoms with Crippen molar-refractivity contribution in [2.75, 3.05) is 27.4 Å². The van der Waals surface area contributed by atoms with Crippen LogP contribution in [0.25, 0.3) is 0 Å². The van der Waals surface area contributed by atoms with E-state index in [-0.39, 0.29) is 11.5 Å². The summed E-state index contributed by atoms with van der Waals surface area (Å²) in [6.45, 7) is 5.75. The maximum absolute atomic E-state index is 9.75. The van der Waals surface area contributed by atoms with Crippen LogP contribution in [0.5, 0.6) is 23.0 Å². The molecule has 0 bridgehead atoms. The molecule has 5 heteroatoms. The molecular weight excluding hydrogens is 368 g/mol. The molecule has 0 saturated heterocycles. The molecule has 2 N–H and O–H groups in total. The second-order valence-corrected chi connectivity index (χ2v) is 7.51. The molecule has 2 unspecified atom stereocenters. The average Bonchev–Trinajstić information content (AvgIpc) is 2.74. The molecule has 0 aliphatic rings. The van der Waals surface area contributed by atoms with Gasteiger partial charge in [-0.3, -0.25) is 0 Å². The summed E-state index contributed by atoms with van der Waals surface area (Å²) in [7, 11) is 3.13. The van der Waals surface area contributed by atoms with E-state index in [0.717, 1.165) is 36.8 Å². The van der Waals surface area contributed by atoms with E-state index in [1.165, 1.54) is 0 Å². The van der Waals surface area contributed by atoms with Crippen LogP contribution in [0.1, 0.15) is 37.8 Å². The number of benzene rings is 2.